The van der Waals surface area contributed by atoms with Crippen LogP contribution in [-0.2, 0) is 11.2 Å². The summed E-state index contributed by atoms with van der Waals surface area (Å²) < 4.78 is 0. The first kappa shape index (κ1) is 12.4. The minimum atomic E-state index is 0.242. The van der Waals surface area contributed by atoms with Gasteiger partial charge in [0, 0.05) is 37.6 Å². The lowest BCUT2D eigenvalue weighted by atomic mass is 10.1. The SMILES string of the molecule is O=C(CCc1cccc(Cl)c1)N1CCNCC1. The Morgan fingerprint density at radius 2 is 2.12 bits per heavy atom. The molecule has 1 aliphatic rings. The van der Waals surface area contributed by atoms with Gasteiger partial charge in [0.05, 0.1) is 0 Å². The molecule has 3 nitrogen and oxygen atoms in total. The second-order valence-electron chi connectivity index (χ2n) is 4.26. The van der Waals surface area contributed by atoms with E-state index in [2.05, 4.69) is 5.32 Å². The maximum atomic E-state index is 11.9. The van der Waals surface area contributed by atoms with Crippen LogP contribution in [-0.4, -0.2) is 37.0 Å². The topological polar surface area (TPSA) is 32.3 Å². The monoisotopic (exact) mass is 252 g/mol. The highest BCUT2D eigenvalue weighted by atomic mass is 35.5. The molecule has 0 saturated carbocycles. The van der Waals surface area contributed by atoms with E-state index in [1.807, 2.05) is 29.2 Å². The van der Waals surface area contributed by atoms with Crippen molar-refractivity contribution in [2.75, 3.05) is 26.2 Å². The van der Waals surface area contributed by atoms with Gasteiger partial charge in [0.1, 0.15) is 0 Å². The van der Waals surface area contributed by atoms with E-state index in [1.165, 1.54) is 0 Å². The summed E-state index contributed by atoms with van der Waals surface area (Å²) in [5, 5.41) is 3.97. The maximum Gasteiger partial charge on any atom is 0.222 e. The van der Waals surface area contributed by atoms with E-state index in [0.717, 1.165) is 43.2 Å². The third-order valence-corrected chi connectivity index (χ3v) is 3.22. The minimum Gasteiger partial charge on any atom is -0.340 e. The number of hydrogen-bond acceptors (Lipinski definition) is 2. The standard InChI is InChI=1S/C13H17ClN2O/c14-12-3-1-2-11(10-12)4-5-13(17)16-8-6-15-7-9-16/h1-3,10,15H,4-9H2. The molecule has 2 rings (SSSR count). The first-order chi connectivity index (χ1) is 8.25. The van der Waals surface area contributed by atoms with Crippen molar-refractivity contribution in [3.05, 3.63) is 34.9 Å². The third-order valence-electron chi connectivity index (χ3n) is 2.99. The molecule has 1 saturated heterocycles. The van der Waals surface area contributed by atoms with Crippen LogP contribution in [0.4, 0.5) is 0 Å². The molecule has 92 valence electrons. The Morgan fingerprint density at radius 1 is 1.35 bits per heavy atom. The second kappa shape index (κ2) is 6.03. The van der Waals surface area contributed by atoms with Gasteiger partial charge in [-0.2, -0.15) is 0 Å². The fourth-order valence-corrected chi connectivity index (χ4v) is 2.23. The lowest BCUT2D eigenvalue weighted by Crippen LogP contribution is -2.46. The number of piperazine rings is 1. The molecule has 1 aromatic carbocycles. The van der Waals surface area contributed by atoms with Gasteiger partial charge in [-0.3, -0.25) is 4.79 Å². The van der Waals surface area contributed by atoms with Crippen molar-refractivity contribution in [1.29, 1.82) is 0 Å². The molecule has 0 radical (unpaired) electrons. The van der Waals surface area contributed by atoms with Crippen molar-refractivity contribution in [1.82, 2.24) is 10.2 Å². The fraction of sp³-hybridized carbons (Fsp3) is 0.462. The molecule has 1 aromatic rings. The van der Waals surface area contributed by atoms with Gasteiger partial charge >= 0.3 is 0 Å². The number of hydrogen-bond donors (Lipinski definition) is 1. The summed E-state index contributed by atoms with van der Waals surface area (Å²) in [4.78, 5) is 13.9. The summed E-state index contributed by atoms with van der Waals surface area (Å²) in [6, 6.07) is 7.71. The van der Waals surface area contributed by atoms with Gasteiger partial charge in [-0.15, -0.1) is 0 Å². The molecule has 1 N–H and O–H groups in total. The average molecular weight is 253 g/mol. The van der Waals surface area contributed by atoms with Gasteiger partial charge in [0.25, 0.3) is 0 Å². The van der Waals surface area contributed by atoms with Crippen molar-refractivity contribution in [2.24, 2.45) is 0 Å². The molecule has 0 atom stereocenters. The van der Waals surface area contributed by atoms with Crippen molar-refractivity contribution in [3.63, 3.8) is 0 Å². The minimum absolute atomic E-state index is 0.242. The van der Waals surface area contributed by atoms with E-state index >= 15 is 0 Å². The van der Waals surface area contributed by atoms with Crippen LogP contribution in [0.2, 0.25) is 5.02 Å². The number of amides is 1. The Hall–Kier alpha value is -1.06. The van der Waals surface area contributed by atoms with Gasteiger partial charge in [-0.05, 0) is 24.1 Å². The van der Waals surface area contributed by atoms with Crippen molar-refractivity contribution in [3.8, 4) is 0 Å². The first-order valence-corrected chi connectivity index (χ1v) is 6.36. The van der Waals surface area contributed by atoms with Crippen molar-refractivity contribution >= 4 is 17.5 Å². The second-order valence-corrected chi connectivity index (χ2v) is 4.70. The van der Waals surface area contributed by atoms with E-state index < -0.39 is 0 Å². The number of halogens is 1. The van der Waals surface area contributed by atoms with E-state index in [1.54, 1.807) is 0 Å². The van der Waals surface area contributed by atoms with Gasteiger partial charge in [-0.1, -0.05) is 23.7 Å². The van der Waals surface area contributed by atoms with Crippen LogP contribution in [0.3, 0.4) is 0 Å². The highest BCUT2D eigenvalue weighted by Gasteiger charge is 2.15. The van der Waals surface area contributed by atoms with Crippen LogP contribution in [0.25, 0.3) is 0 Å². The number of carbonyl (C=O) groups is 1. The zero-order valence-electron chi connectivity index (χ0n) is 9.79. The largest absolute Gasteiger partial charge is 0.340 e. The molecule has 1 amide bonds. The van der Waals surface area contributed by atoms with Crippen LogP contribution in [0, 0.1) is 0 Å². The van der Waals surface area contributed by atoms with E-state index in [-0.39, 0.29) is 5.91 Å². The molecule has 1 fully saturated rings. The van der Waals surface area contributed by atoms with Crippen LogP contribution in [0.5, 0.6) is 0 Å². The Labute approximate surface area is 107 Å². The average Bonchev–Trinajstić information content (AvgIpc) is 2.37. The molecular formula is C13H17ClN2O. The van der Waals surface area contributed by atoms with E-state index in [0.29, 0.717) is 6.42 Å². The summed E-state index contributed by atoms with van der Waals surface area (Å²) in [7, 11) is 0. The molecule has 0 spiro atoms. The number of nitrogens with zero attached hydrogens (tertiary/aromatic N) is 1. The number of benzene rings is 1. The number of rotatable bonds is 3. The van der Waals surface area contributed by atoms with Crippen LogP contribution in [0.1, 0.15) is 12.0 Å². The molecule has 0 aliphatic carbocycles. The Bertz CT molecular complexity index is 389. The first-order valence-electron chi connectivity index (χ1n) is 5.98. The molecule has 0 unspecified atom stereocenters. The predicted octanol–water partition coefficient (Wildman–Crippen LogP) is 1.70. The van der Waals surface area contributed by atoms with Crippen molar-refractivity contribution < 1.29 is 4.79 Å². The van der Waals surface area contributed by atoms with Gasteiger partial charge in [-0.25, -0.2) is 0 Å². The molecule has 1 heterocycles. The zero-order chi connectivity index (χ0) is 12.1. The smallest absolute Gasteiger partial charge is 0.222 e. The summed E-state index contributed by atoms with van der Waals surface area (Å²) >= 11 is 5.91. The molecule has 0 bridgehead atoms. The van der Waals surface area contributed by atoms with Gasteiger partial charge < -0.3 is 10.2 Å². The highest BCUT2D eigenvalue weighted by Crippen LogP contribution is 2.12. The molecule has 1 aliphatic heterocycles. The molecule has 17 heavy (non-hydrogen) atoms. The summed E-state index contributed by atoms with van der Waals surface area (Å²) in [5.41, 5.74) is 1.13. The summed E-state index contributed by atoms with van der Waals surface area (Å²) in [6.45, 7) is 3.47. The fourth-order valence-electron chi connectivity index (χ4n) is 2.02. The maximum absolute atomic E-state index is 11.9. The predicted molar refractivity (Wildman–Crippen MR) is 69.2 cm³/mol. The number of aryl methyl sites for hydroxylation is 1. The van der Waals surface area contributed by atoms with Crippen molar-refractivity contribution in [2.45, 2.75) is 12.8 Å². The van der Waals surface area contributed by atoms with Gasteiger partial charge in [0.15, 0.2) is 0 Å². The number of nitrogens with one attached hydrogen (secondary N) is 1. The Kier molecular flexibility index (Phi) is 4.40. The highest BCUT2D eigenvalue weighted by molar-refractivity contribution is 6.30. The number of carbonyl (C=O) groups excluding carboxylic acids is 1. The molecule has 0 aromatic heterocycles. The summed E-state index contributed by atoms with van der Waals surface area (Å²) in [5.74, 6) is 0.242. The van der Waals surface area contributed by atoms with Crippen LogP contribution >= 0.6 is 11.6 Å². The Morgan fingerprint density at radius 3 is 2.82 bits per heavy atom. The Balaban J connectivity index is 1.83. The lowest BCUT2D eigenvalue weighted by Gasteiger charge is -2.27. The normalized spacial score (nSPS) is 15.9. The quantitative estimate of drug-likeness (QED) is 0.888. The van der Waals surface area contributed by atoms with Gasteiger partial charge in [0.2, 0.25) is 5.91 Å². The third kappa shape index (κ3) is 3.72. The van der Waals surface area contributed by atoms with Crippen LogP contribution in [0.15, 0.2) is 24.3 Å². The van der Waals surface area contributed by atoms with Crippen LogP contribution < -0.4 is 5.32 Å². The van der Waals surface area contributed by atoms with E-state index in [4.69, 9.17) is 11.6 Å². The molecular weight excluding hydrogens is 236 g/mol. The molecule has 4 heteroatoms. The lowest BCUT2D eigenvalue weighted by molar-refractivity contribution is -0.131. The zero-order valence-corrected chi connectivity index (χ0v) is 10.5. The van der Waals surface area contributed by atoms with E-state index in [9.17, 15) is 4.79 Å². The summed E-state index contributed by atoms with van der Waals surface area (Å²) in [6.07, 6.45) is 1.34.